The fourth-order valence-corrected chi connectivity index (χ4v) is 1.99. The largest absolute Gasteiger partial charge is 0.740 e. The number of hydrogen-bond donors (Lipinski definition) is 0. The van der Waals surface area contributed by atoms with Crippen LogP contribution in [0.1, 0.15) is 5.56 Å². The average molecular weight is 270 g/mol. The molecule has 0 heterocycles. The predicted molar refractivity (Wildman–Crippen MR) is 53.8 cm³/mol. The first-order valence-electron chi connectivity index (χ1n) is 3.63. The van der Waals surface area contributed by atoms with E-state index in [1.807, 2.05) is 0 Å². The maximum absolute atomic E-state index is 10.9. The van der Waals surface area contributed by atoms with E-state index in [0.717, 1.165) is 6.07 Å². The van der Waals surface area contributed by atoms with Crippen molar-refractivity contribution in [2.75, 3.05) is 0 Å². The molecule has 5 nitrogen and oxygen atoms in total. The number of halogens is 1. The van der Waals surface area contributed by atoms with Crippen LogP contribution in [-0.4, -0.2) is 17.2 Å². The van der Waals surface area contributed by atoms with Gasteiger partial charge in [0.15, 0.2) is 0 Å². The zero-order chi connectivity index (χ0) is 11.6. The quantitative estimate of drug-likeness (QED) is 0.606. The lowest BCUT2D eigenvalue weighted by Crippen LogP contribution is -2.01. The molecule has 0 aromatic heterocycles. The van der Waals surface area contributed by atoms with Crippen molar-refractivity contribution in [1.82, 2.24) is 0 Å². The highest BCUT2D eigenvalue weighted by molar-refractivity contribution is 8.13. The molecule has 15 heavy (non-hydrogen) atoms. The zero-order valence-electron chi connectivity index (χ0n) is 7.47. The molecule has 1 aromatic carbocycles. The molecular weight excluding hydrogens is 264 g/mol. The van der Waals surface area contributed by atoms with Crippen molar-refractivity contribution in [3.05, 3.63) is 23.8 Å². The van der Waals surface area contributed by atoms with Crippen LogP contribution in [0.15, 0.2) is 23.1 Å². The molecule has 1 unspecified atom stereocenters. The minimum Gasteiger partial charge on any atom is -0.740 e. The van der Waals surface area contributed by atoms with Crippen LogP contribution >= 0.6 is 10.7 Å². The van der Waals surface area contributed by atoms with E-state index >= 15 is 0 Å². The summed E-state index contributed by atoms with van der Waals surface area (Å²) in [4.78, 5) is -0.213. The van der Waals surface area contributed by atoms with Gasteiger partial charge in [0, 0.05) is 16.7 Å². The molecule has 84 valence electrons. The lowest BCUT2D eigenvalue weighted by molar-refractivity contribution is 0.438. The van der Waals surface area contributed by atoms with Gasteiger partial charge >= 0.3 is 0 Å². The van der Waals surface area contributed by atoms with E-state index in [4.69, 9.17) is 10.7 Å². The summed E-state index contributed by atoms with van der Waals surface area (Å²) in [7, 11) is 1.20. The van der Waals surface area contributed by atoms with Gasteiger partial charge in [0.2, 0.25) is 0 Å². The van der Waals surface area contributed by atoms with Gasteiger partial charge in [-0.25, -0.2) is 12.6 Å². The Morgan fingerprint density at radius 3 is 2.53 bits per heavy atom. The molecule has 0 saturated carbocycles. The molecule has 1 rings (SSSR count). The van der Waals surface area contributed by atoms with E-state index in [1.54, 1.807) is 6.92 Å². The standard InChI is InChI=1S/C7H7ClO5S2/c1-5-2-3-6(15(8,11)12)4-7(5)13-14(9)10/h2-4H,1H3,(H,9,10)/p-1. The highest BCUT2D eigenvalue weighted by Crippen LogP contribution is 2.24. The van der Waals surface area contributed by atoms with E-state index < -0.39 is 20.4 Å². The Balaban J connectivity index is 3.23. The summed E-state index contributed by atoms with van der Waals surface area (Å²) in [6.45, 7) is 1.58. The van der Waals surface area contributed by atoms with Crippen LogP contribution in [0.2, 0.25) is 0 Å². The molecule has 0 aliphatic rings. The number of rotatable bonds is 3. The minimum atomic E-state index is -3.89. The molecule has 0 bridgehead atoms. The van der Waals surface area contributed by atoms with Gasteiger partial charge in [0.1, 0.15) is 17.1 Å². The van der Waals surface area contributed by atoms with Crippen LogP contribution < -0.4 is 4.18 Å². The molecule has 0 spiro atoms. The number of hydrogen-bond acceptors (Lipinski definition) is 5. The second kappa shape index (κ2) is 4.48. The normalized spacial score (nSPS) is 13.5. The van der Waals surface area contributed by atoms with Crippen molar-refractivity contribution < 1.29 is 21.4 Å². The van der Waals surface area contributed by atoms with Crippen LogP contribution in [0.3, 0.4) is 0 Å². The summed E-state index contributed by atoms with van der Waals surface area (Å²) in [5.41, 5.74) is 0.489. The minimum absolute atomic E-state index is 0.0648. The van der Waals surface area contributed by atoms with E-state index in [2.05, 4.69) is 4.18 Å². The fourth-order valence-electron chi connectivity index (χ4n) is 0.895. The molecule has 1 atom stereocenters. The molecule has 0 amide bonds. The average Bonchev–Trinajstić information content (AvgIpc) is 2.06. The van der Waals surface area contributed by atoms with Gasteiger partial charge in [-0.3, -0.25) is 0 Å². The van der Waals surface area contributed by atoms with Gasteiger partial charge in [-0.2, -0.15) is 0 Å². The molecule has 0 N–H and O–H groups in total. The molecule has 1 aromatic rings. The third kappa shape index (κ3) is 3.45. The Bertz CT molecular complexity index is 496. The highest BCUT2D eigenvalue weighted by atomic mass is 35.7. The summed E-state index contributed by atoms with van der Waals surface area (Å²) >= 11 is -2.75. The first kappa shape index (κ1) is 12.4. The zero-order valence-corrected chi connectivity index (χ0v) is 9.86. The summed E-state index contributed by atoms with van der Waals surface area (Å²) in [6.07, 6.45) is 0. The monoisotopic (exact) mass is 269 g/mol. The summed E-state index contributed by atoms with van der Waals surface area (Å²) in [5, 5.41) is 0. The van der Waals surface area contributed by atoms with Crippen LogP contribution in [0.4, 0.5) is 0 Å². The Kier molecular flexibility index (Phi) is 3.72. The number of benzene rings is 1. The van der Waals surface area contributed by atoms with Crippen LogP contribution in [0.5, 0.6) is 5.75 Å². The predicted octanol–water partition coefficient (Wildman–Crippen LogP) is 1.10. The van der Waals surface area contributed by atoms with Crippen molar-refractivity contribution in [1.29, 1.82) is 0 Å². The van der Waals surface area contributed by atoms with Crippen molar-refractivity contribution in [2.45, 2.75) is 11.8 Å². The molecule has 0 aliphatic heterocycles. The molecule has 0 radical (unpaired) electrons. The molecule has 8 heteroatoms. The Hall–Kier alpha value is -0.630. The number of aryl methyl sites for hydroxylation is 1. The second-order valence-corrected chi connectivity index (χ2v) is 5.79. The topological polar surface area (TPSA) is 83.5 Å². The van der Waals surface area contributed by atoms with E-state index in [9.17, 15) is 17.2 Å². The maximum atomic E-state index is 10.9. The van der Waals surface area contributed by atoms with Gasteiger partial charge in [-0.1, -0.05) is 6.07 Å². The van der Waals surface area contributed by atoms with Gasteiger partial charge in [0.05, 0.1) is 4.90 Å². The summed E-state index contributed by atoms with van der Waals surface area (Å²) in [6, 6.07) is 3.71. The maximum Gasteiger partial charge on any atom is 0.261 e. The van der Waals surface area contributed by atoms with Crippen LogP contribution in [0.25, 0.3) is 0 Å². The Labute approximate surface area is 93.9 Å². The highest BCUT2D eigenvalue weighted by Gasteiger charge is 2.12. The van der Waals surface area contributed by atoms with Crippen LogP contribution in [0, 0.1) is 6.92 Å². The fraction of sp³-hybridized carbons (Fsp3) is 0.143. The van der Waals surface area contributed by atoms with Gasteiger partial charge in [-0.05, 0) is 18.6 Å². The lowest BCUT2D eigenvalue weighted by atomic mass is 10.2. The van der Waals surface area contributed by atoms with Gasteiger partial charge in [-0.15, -0.1) is 0 Å². The van der Waals surface area contributed by atoms with E-state index in [0.29, 0.717) is 5.56 Å². The van der Waals surface area contributed by atoms with Crippen molar-refractivity contribution >= 4 is 31.1 Å². The van der Waals surface area contributed by atoms with Crippen molar-refractivity contribution in [3.8, 4) is 5.75 Å². The third-order valence-electron chi connectivity index (χ3n) is 1.60. The summed E-state index contributed by atoms with van der Waals surface area (Å²) < 4.78 is 46.8. The van der Waals surface area contributed by atoms with Gasteiger partial charge < -0.3 is 8.74 Å². The van der Waals surface area contributed by atoms with E-state index in [-0.39, 0.29) is 10.6 Å². The van der Waals surface area contributed by atoms with E-state index in [1.165, 1.54) is 12.1 Å². The smallest absolute Gasteiger partial charge is 0.261 e. The Morgan fingerprint density at radius 1 is 1.47 bits per heavy atom. The molecule has 0 fully saturated rings. The van der Waals surface area contributed by atoms with Crippen LogP contribution in [-0.2, 0) is 20.4 Å². The first-order valence-corrected chi connectivity index (χ1v) is 6.94. The van der Waals surface area contributed by atoms with Gasteiger partial charge in [0.25, 0.3) is 9.05 Å². The third-order valence-corrected chi connectivity index (χ3v) is 3.27. The SMILES string of the molecule is Cc1ccc(S(=O)(=O)Cl)cc1OS(=O)[O-]. The molecule has 0 saturated heterocycles. The Morgan fingerprint density at radius 2 is 2.07 bits per heavy atom. The lowest BCUT2D eigenvalue weighted by Gasteiger charge is -2.10. The summed E-state index contributed by atoms with van der Waals surface area (Å²) in [5.74, 6) is -0.0648. The second-order valence-electron chi connectivity index (χ2n) is 2.65. The molecule has 0 aliphatic carbocycles. The first-order chi connectivity index (χ1) is 6.80. The van der Waals surface area contributed by atoms with Crippen molar-refractivity contribution in [2.24, 2.45) is 0 Å². The molecular formula is C7H6ClO5S2-. The van der Waals surface area contributed by atoms with Crippen molar-refractivity contribution in [3.63, 3.8) is 0 Å².